The maximum atomic E-state index is 6.09. The van der Waals surface area contributed by atoms with E-state index in [-0.39, 0.29) is 0 Å². The molecule has 4 nitrogen and oxygen atoms in total. The van der Waals surface area contributed by atoms with Crippen LogP contribution in [0.1, 0.15) is 19.0 Å². The van der Waals surface area contributed by atoms with Gasteiger partial charge in [0.25, 0.3) is 0 Å². The summed E-state index contributed by atoms with van der Waals surface area (Å²) < 4.78 is 2.76. The summed E-state index contributed by atoms with van der Waals surface area (Å²) in [4.78, 5) is 0. The van der Waals surface area contributed by atoms with E-state index >= 15 is 0 Å². The normalized spacial score (nSPS) is 10.7. The highest BCUT2D eigenvalue weighted by Gasteiger charge is 2.12. The van der Waals surface area contributed by atoms with Gasteiger partial charge in [-0.15, -0.1) is 0 Å². The first-order chi connectivity index (χ1) is 9.02. The molecular formula is C13H16BrClN4. The fourth-order valence-electron chi connectivity index (χ4n) is 1.81. The molecule has 0 fully saturated rings. The minimum Gasteiger partial charge on any atom is -0.394 e. The van der Waals surface area contributed by atoms with E-state index in [4.69, 9.17) is 17.3 Å². The summed E-state index contributed by atoms with van der Waals surface area (Å²) in [5.74, 6) is 0.817. The lowest BCUT2D eigenvalue weighted by Crippen LogP contribution is -2.05. The van der Waals surface area contributed by atoms with Crippen molar-refractivity contribution in [2.24, 2.45) is 0 Å². The summed E-state index contributed by atoms with van der Waals surface area (Å²) in [6.45, 7) is 4.83. The second kappa shape index (κ2) is 5.84. The van der Waals surface area contributed by atoms with Gasteiger partial charge in [-0.05, 0) is 47.5 Å². The van der Waals surface area contributed by atoms with E-state index in [1.54, 1.807) is 0 Å². The maximum absolute atomic E-state index is 6.09. The number of nitrogens with two attached hydrogens (primary N) is 1. The number of nitrogen functional groups attached to an aromatic ring is 1. The average Bonchev–Trinajstić information content (AvgIpc) is 2.62. The Bertz CT molecular complexity index is 595. The van der Waals surface area contributed by atoms with Crippen molar-refractivity contribution >= 4 is 44.7 Å². The monoisotopic (exact) mass is 342 g/mol. The Labute approximate surface area is 126 Å². The minimum absolute atomic E-state index is 0.654. The van der Waals surface area contributed by atoms with Crippen molar-refractivity contribution in [2.45, 2.75) is 26.8 Å². The molecule has 19 heavy (non-hydrogen) atoms. The molecule has 1 aromatic carbocycles. The Kier molecular flexibility index (Phi) is 4.37. The lowest BCUT2D eigenvalue weighted by atomic mass is 10.3. The predicted octanol–water partition coefficient (Wildman–Crippen LogP) is 4.34. The first kappa shape index (κ1) is 14.2. The van der Waals surface area contributed by atoms with Gasteiger partial charge in [-0.1, -0.05) is 18.5 Å². The minimum atomic E-state index is 0.654. The molecule has 0 atom stereocenters. The van der Waals surface area contributed by atoms with E-state index in [1.807, 2.05) is 29.8 Å². The van der Waals surface area contributed by atoms with Crippen LogP contribution in [0.15, 0.2) is 22.7 Å². The van der Waals surface area contributed by atoms with Crippen molar-refractivity contribution in [1.29, 1.82) is 0 Å². The van der Waals surface area contributed by atoms with Gasteiger partial charge in [-0.2, -0.15) is 5.10 Å². The molecule has 1 aromatic heterocycles. The molecule has 0 aliphatic rings. The van der Waals surface area contributed by atoms with Gasteiger partial charge < -0.3 is 11.1 Å². The lowest BCUT2D eigenvalue weighted by Gasteiger charge is -2.10. The van der Waals surface area contributed by atoms with Gasteiger partial charge >= 0.3 is 0 Å². The number of hydrogen-bond acceptors (Lipinski definition) is 3. The zero-order valence-corrected chi connectivity index (χ0v) is 13.2. The highest BCUT2D eigenvalue weighted by molar-refractivity contribution is 9.10. The van der Waals surface area contributed by atoms with Crippen LogP contribution in [0.4, 0.5) is 17.2 Å². The zero-order chi connectivity index (χ0) is 14.0. The number of hydrogen-bond donors (Lipinski definition) is 2. The highest BCUT2D eigenvalue weighted by atomic mass is 79.9. The number of benzene rings is 1. The van der Waals surface area contributed by atoms with Gasteiger partial charge in [0.05, 0.1) is 16.4 Å². The van der Waals surface area contributed by atoms with Crippen LogP contribution < -0.4 is 11.1 Å². The summed E-state index contributed by atoms with van der Waals surface area (Å²) in [5.41, 5.74) is 8.45. The van der Waals surface area contributed by atoms with E-state index in [9.17, 15) is 0 Å². The third-order valence-corrected chi connectivity index (χ3v) is 4.02. The van der Waals surface area contributed by atoms with Gasteiger partial charge in [0.15, 0.2) is 5.82 Å². The Morgan fingerprint density at radius 3 is 2.84 bits per heavy atom. The molecule has 0 unspecified atom stereocenters. The largest absolute Gasteiger partial charge is 0.394 e. The highest BCUT2D eigenvalue weighted by Crippen LogP contribution is 2.30. The Morgan fingerprint density at radius 2 is 2.21 bits per heavy atom. The molecular weight excluding hydrogens is 328 g/mol. The molecule has 0 saturated carbocycles. The zero-order valence-electron chi connectivity index (χ0n) is 10.9. The second-order valence-electron chi connectivity index (χ2n) is 4.32. The summed E-state index contributed by atoms with van der Waals surface area (Å²) in [6, 6.07) is 5.69. The van der Waals surface area contributed by atoms with Crippen LogP contribution in [-0.2, 0) is 6.54 Å². The van der Waals surface area contributed by atoms with Gasteiger partial charge in [0.2, 0.25) is 0 Å². The first-order valence-electron chi connectivity index (χ1n) is 6.08. The smallest absolute Gasteiger partial charge is 0.152 e. The van der Waals surface area contributed by atoms with Crippen molar-refractivity contribution in [2.75, 3.05) is 11.1 Å². The van der Waals surface area contributed by atoms with E-state index in [0.717, 1.165) is 34.6 Å². The molecule has 0 aliphatic heterocycles. The van der Waals surface area contributed by atoms with Crippen molar-refractivity contribution in [3.8, 4) is 0 Å². The molecule has 1 heterocycles. The van der Waals surface area contributed by atoms with Crippen LogP contribution in [0.25, 0.3) is 0 Å². The quantitative estimate of drug-likeness (QED) is 0.868. The average molecular weight is 344 g/mol. The van der Waals surface area contributed by atoms with Crippen molar-refractivity contribution in [3.05, 3.63) is 33.4 Å². The fourth-order valence-corrected chi connectivity index (χ4v) is 2.24. The first-order valence-corrected chi connectivity index (χ1v) is 7.25. The van der Waals surface area contributed by atoms with E-state index < -0.39 is 0 Å². The predicted molar refractivity (Wildman–Crippen MR) is 84.1 cm³/mol. The van der Waals surface area contributed by atoms with Gasteiger partial charge in [-0.25, -0.2) is 4.68 Å². The Hall–Kier alpha value is -1.20. The summed E-state index contributed by atoms with van der Waals surface area (Å²) in [5, 5.41) is 8.36. The molecule has 2 aromatic rings. The number of aromatic nitrogens is 2. The summed E-state index contributed by atoms with van der Waals surface area (Å²) >= 11 is 9.46. The number of nitrogens with one attached hydrogen (secondary N) is 1. The topological polar surface area (TPSA) is 55.9 Å². The van der Waals surface area contributed by atoms with Crippen LogP contribution in [0, 0.1) is 6.92 Å². The van der Waals surface area contributed by atoms with Crippen LogP contribution in [0.3, 0.4) is 0 Å². The summed E-state index contributed by atoms with van der Waals surface area (Å²) in [6.07, 6.45) is 0.996. The van der Waals surface area contributed by atoms with Gasteiger partial charge in [0, 0.05) is 16.7 Å². The van der Waals surface area contributed by atoms with Crippen LogP contribution in [-0.4, -0.2) is 9.78 Å². The maximum Gasteiger partial charge on any atom is 0.152 e. The molecule has 0 spiro atoms. The standard InChI is InChI=1S/C13H16BrClN4/c1-3-6-19-13(12(16)8(2)18-19)17-9-4-5-10(14)11(15)7-9/h4-5,7,17H,3,6,16H2,1-2H3. The molecule has 2 rings (SSSR count). The van der Waals surface area contributed by atoms with E-state index in [0.29, 0.717) is 10.7 Å². The lowest BCUT2D eigenvalue weighted by molar-refractivity contribution is 0.605. The Morgan fingerprint density at radius 1 is 1.47 bits per heavy atom. The van der Waals surface area contributed by atoms with Crippen molar-refractivity contribution < 1.29 is 0 Å². The number of nitrogens with zero attached hydrogens (tertiary/aromatic N) is 2. The molecule has 3 N–H and O–H groups in total. The summed E-state index contributed by atoms with van der Waals surface area (Å²) in [7, 11) is 0. The fraction of sp³-hybridized carbons (Fsp3) is 0.308. The van der Waals surface area contributed by atoms with Crippen molar-refractivity contribution in [3.63, 3.8) is 0 Å². The van der Waals surface area contributed by atoms with Gasteiger partial charge in [0.1, 0.15) is 0 Å². The second-order valence-corrected chi connectivity index (χ2v) is 5.59. The van der Waals surface area contributed by atoms with Crippen molar-refractivity contribution in [1.82, 2.24) is 9.78 Å². The number of aryl methyl sites for hydroxylation is 2. The van der Waals surface area contributed by atoms with Crippen LogP contribution >= 0.6 is 27.5 Å². The molecule has 0 aliphatic carbocycles. The third kappa shape index (κ3) is 3.04. The number of anilines is 3. The SMILES string of the molecule is CCCn1nc(C)c(N)c1Nc1ccc(Br)c(Cl)c1. The molecule has 0 amide bonds. The molecule has 102 valence electrons. The van der Waals surface area contributed by atoms with Gasteiger partial charge in [-0.3, -0.25) is 0 Å². The van der Waals surface area contributed by atoms with Crippen LogP contribution in [0.2, 0.25) is 5.02 Å². The molecule has 0 bridgehead atoms. The molecule has 6 heteroatoms. The van der Waals surface area contributed by atoms with Crippen LogP contribution in [0.5, 0.6) is 0 Å². The third-order valence-electron chi connectivity index (χ3n) is 2.79. The van der Waals surface area contributed by atoms with E-state index in [2.05, 4.69) is 33.3 Å². The molecule has 0 saturated heterocycles. The number of rotatable bonds is 4. The molecule has 0 radical (unpaired) electrons. The number of halogens is 2. The van der Waals surface area contributed by atoms with E-state index in [1.165, 1.54) is 0 Å². The Balaban J connectivity index is 2.34.